The summed E-state index contributed by atoms with van der Waals surface area (Å²) in [5.41, 5.74) is 0.644. The summed E-state index contributed by atoms with van der Waals surface area (Å²) in [6.07, 6.45) is -0.985. The number of sulfone groups is 1. The quantitative estimate of drug-likeness (QED) is 0.833. The molecule has 5 heteroatoms. The van der Waals surface area contributed by atoms with E-state index in [1.54, 1.807) is 44.2 Å². The summed E-state index contributed by atoms with van der Waals surface area (Å²) < 4.78 is 20.7. The van der Waals surface area contributed by atoms with Crippen LogP contribution >= 0.6 is 0 Å². The van der Waals surface area contributed by atoms with Gasteiger partial charge in [0, 0.05) is 11.5 Å². The summed E-state index contributed by atoms with van der Waals surface area (Å²) in [6, 6.07) is 10.6. The lowest BCUT2D eigenvalue weighted by molar-refractivity contribution is 0.236. The predicted molar refractivity (Wildman–Crippen MR) is 67.0 cm³/mol. The van der Waals surface area contributed by atoms with Gasteiger partial charge in [-0.25, -0.2) is 8.42 Å². The topological polar surface area (TPSA) is 78.2 Å². The molecule has 0 saturated heterocycles. The highest BCUT2D eigenvalue weighted by Crippen LogP contribution is 2.09. The standard InChI is InChI=1S/C8H7NO.C4H10O2S/c9-6-8(10)7-4-2-1-3-5-7;1-3-7(5,6)4-2/h1-5,8,10H;3-4H2,1-2H3. The second-order valence-electron chi connectivity index (χ2n) is 3.26. The van der Waals surface area contributed by atoms with Gasteiger partial charge in [-0.05, 0) is 5.56 Å². The van der Waals surface area contributed by atoms with Crippen molar-refractivity contribution in [3.8, 4) is 6.07 Å². The van der Waals surface area contributed by atoms with Gasteiger partial charge in [-0.2, -0.15) is 5.26 Å². The van der Waals surface area contributed by atoms with Crippen LogP contribution in [0.2, 0.25) is 0 Å². The Morgan fingerprint density at radius 2 is 1.71 bits per heavy atom. The number of nitriles is 1. The van der Waals surface area contributed by atoms with Crippen LogP contribution in [0.5, 0.6) is 0 Å². The average molecular weight is 255 g/mol. The Balaban J connectivity index is 0.000000325. The van der Waals surface area contributed by atoms with Crippen molar-refractivity contribution in [3.63, 3.8) is 0 Å². The van der Waals surface area contributed by atoms with Crippen molar-refractivity contribution in [1.82, 2.24) is 0 Å². The van der Waals surface area contributed by atoms with Gasteiger partial charge < -0.3 is 5.11 Å². The molecule has 94 valence electrons. The maximum absolute atomic E-state index is 10.4. The number of rotatable bonds is 3. The normalized spacial score (nSPS) is 11.9. The van der Waals surface area contributed by atoms with Crippen molar-refractivity contribution < 1.29 is 13.5 Å². The Morgan fingerprint density at radius 3 is 2.00 bits per heavy atom. The van der Waals surface area contributed by atoms with Crippen LogP contribution in [0.25, 0.3) is 0 Å². The Kier molecular flexibility index (Phi) is 7.19. The van der Waals surface area contributed by atoms with Gasteiger partial charge in [-0.15, -0.1) is 0 Å². The van der Waals surface area contributed by atoms with Crippen molar-refractivity contribution in [1.29, 1.82) is 5.26 Å². The smallest absolute Gasteiger partial charge is 0.165 e. The summed E-state index contributed by atoms with van der Waals surface area (Å²) in [5.74, 6) is 0.535. The third kappa shape index (κ3) is 6.72. The molecule has 1 aromatic rings. The average Bonchev–Trinajstić information content (AvgIpc) is 2.39. The largest absolute Gasteiger partial charge is 0.374 e. The molecule has 0 radical (unpaired) electrons. The lowest BCUT2D eigenvalue weighted by atomic mass is 10.1. The van der Waals surface area contributed by atoms with E-state index >= 15 is 0 Å². The van der Waals surface area contributed by atoms with Gasteiger partial charge in [-0.1, -0.05) is 44.2 Å². The van der Waals surface area contributed by atoms with Crippen LogP contribution in [0.15, 0.2) is 30.3 Å². The number of nitrogens with zero attached hydrogens (tertiary/aromatic N) is 1. The van der Waals surface area contributed by atoms with E-state index in [4.69, 9.17) is 10.4 Å². The molecule has 4 nitrogen and oxygen atoms in total. The van der Waals surface area contributed by atoms with E-state index in [0.29, 0.717) is 5.56 Å². The van der Waals surface area contributed by atoms with Crippen molar-refractivity contribution in [2.45, 2.75) is 20.0 Å². The SMILES string of the molecule is CCS(=O)(=O)CC.N#CC(O)c1ccccc1. The highest BCUT2D eigenvalue weighted by Gasteiger charge is 2.01. The summed E-state index contributed by atoms with van der Waals surface area (Å²) in [7, 11) is -2.66. The summed E-state index contributed by atoms with van der Waals surface area (Å²) in [6.45, 7) is 3.30. The Bertz CT molecular complexity index is 438. The second kappa shape index (κ2) is 7.82. The molecule has 0 fully saturated rings. The minimum Gasteiger partial charge on any atom is -0.374 e. The molecule has 1 atom stereocenters. The van der Waals surface area contributed by atoms with E-state index in [9.17, 15) is 8.42 Å². The van der Waals surface area contributed by atoms with Gasteiger partial charge in [0.25, 0.3) is 0 Å². The lowest BCUT2D eigenvalue weighted by Crippen LogP contribution is -2.04. The van der Waals surface area contributed by atoms with E-state index in [0.717, 1.165) is 0 Å². The van der Waals surface area contributed by atoms with Gasteiger partial charge in [-0.3, -0.25) is 0 Å². The molecule has 1 N–H and O–H groups in total. The molecular weight excluding hydrogens is 238 g/mol. The van der Waals surface area contributed by atoms with Crippen molar-refractivity contribution in [3.05, 3.63) is 35.9 Å². The van der Waals surface area contributed by atoms with Crippen LogP contribution in [0.3, 0.4) is 0 Å². The van der Waals surface area contributed by atoms with Crippen LogP contribution in [0, 0.1) is 11.3 Å². The third-order valence-corrected chi connectivity index (χ3v) is 3.88. The monoisotopic (exact) mass is 255 g/mol. The van der Waals surface area contributed by atoms with Gasteiger partial charge in [0.15, 0.2) is 6.10 Å². The number of benzene rings is 1. The first-order valence-electron chi connectivity index (χ1n) is 5.29. The van der Waals surface area contributed by atoms with E-state index in [1.807, 2.05) is 6.07 Å². The number of aliphatic hydroxyl groups is 1. The highest BCUT2D eigenvalue weighted by molar-refractivity contribution is 7.91. The van der Waals surface area contributed by atoms with Crippen LogP contribution in [-0.4, -0.2) is 25.0 Å². The zero-order chi connectivity index (χ0) is 13.3. The molecule has 0 amide bonds. The van der Waals surface area contributed by atoms with Crippen LogP contribution in [0.4, 0.5) is 0 Å². The molecule has 0 saturated carbocycles. The third-order valence-electron chi connectivity index (χ3n) is 2.12. The van der Waals surface area contributed by atoms with E-state index in [1.165, 1.54) is 0 Å². The molecule has 1 rings (SSSR count). The first-order chi connectivity index (χ1) is 7.96. The van der Waals surface area contributed by atoms with Gasteiger partial charge >= 0.3 is 0 Å². The highest BCUT2D eigenvalue weighted by atomic mass is 32.2. The van der Waals surface area contributed by atoms with E-state index in [2.05, 4.69) is 0 Å². The summed E-state index contributed by atoms with van der Waals surface area (Å²) in [4.78, 5) is 0. The molecule has 1 unspecified atom stereocenters. The maximum Gasteiger partial charge on any atom is 0.165 e. The molecule has 0 bridgehead atoms. The van der Waals surface area contributed by atoms with Gasteiger partial charge in [0.2, 0.25) is 0 Å². The second-order valence-corrected chi connectivity index (χ2v) is 5.91. The van der Waals surface area contributed by atoms with E-state index in [-0.39, 0.29) is 11.5 Å². The Morgan fingerprint density at radius 1 is 1.24 bits per heavy atom. The van der Waals surface area contributed by atoms with Gasteiger partial charge in [0.05, 0.1) is 6.07 Å². The molecular formula is C12H17NO3S. The minimum atomic E-state index is -2.66. The molecule has 0 spiro atoms. The van der Waals surface area contributed by atoms with Crippen LogP contribution in [0.1, 0.15) is 25.5 Å². The fourth-order valence-electron chi connectivity index (χ4n) is 0.914. The Labute approximate surface area is 102 Å². The Hall–Kier alpha value is -1.38. The number of aliphatic hydroxyl groups excluding tert-OH is 1. The van der Waals surface area contributed by atoms with Crippen LogP contribution < -0.4 is 0 Å². The minimum absolute atomic E-state index is 0.267. The lowest BCUT2D eigenvalue weighted by Gasteiger charge is -1.98. The van der Waals surface area contributed by atoms with Crippen LogP contribution in [-0.2, 0) is 9.84 Å². The molecule has 0 aliphatic carbocycles. The molecule has 0 aliphatic heterocycles. The number of hydrogen-bond donors (Lipinski definition) is 1. The zero-order valence-corrected chi connectivity index (χ0v) is 10.8. The van der Waals surface area contributed by atoms with E-state index < -0.39 is 15.9 Å². The zero-order valence-electron chi connectivity index (χ0n) is 10.00. The molecule has 0 heterocycles. The fourth-order valence-corrected chi connectivity index (χ4v) is 1.32. The molecule has 1 aromatic carbocycles. The fraction of sp³-hybridized carbons (Fsp3) is 0.417. The molecule has 0 aliphatic rings. The molecule has 0 aromatic heterocycles. The summed E-state index contributed by atoms with van der Waals surface area (Å²) in [5, 5.41) is 17.3. The number of hydrogen-bond acceptors (Lipinski definition) is 4. The van der Waals surface area contributed by atoms with Crippen molar-refractivity contribution in [2.75, 3.05) is 11.5 Å². The molecule has 17 heavy (non-hydrogen) atoms. The first kappa shape index (κ1) is 15.6. The summed E-state index contributed by atoms with van der Waals surface area (Å²) >= 11 is 0. The maximum atomic E-state index is 10.4. The van der Waals surface area contributed by atoms with Gasteiger partial charge in [0.1, 0.15) is 9.84 Å². The van der Waals surface area contributed by atoms with Crippen molar-refractivity contribution in [2.24, 2.45) is 0 Å². The predicted octanol–water partition coefficient (Wildman–Crippen LogP) is 1.68. The first-order valence-corrected chi connectivity index (χ1v) is 7.12. The van der Waals surface area contributed by atoms with Crippen molar-refractivity contribution >= 4 is 9.84 Å².